The first-order valence-electron chi connectivity index (χ1n) is 4.85. The third-order valence-electron chi connectivity index (χ3n) is 2.26. The second-order valence-corrected chi connectivity index (χ2v) is 6.08. The summed E-state index contributed by atoms with van der Waals surface area (Å²) in [7, 11) is -3.44. The molecule has 2 aromatic heterocycles. The van der Waals surface area contributed by atoms with E-state index in [2.05, 4.69) is 20.9 Å². The Kier molecular flexibility index (Phi) is 3.24. The van der Waals surface area contributed by atoms with Crippen molar-refractivity contribution in [3.63, 3.8) is 0 Å². The maximum atomic E-state index is 11.0. The van der Waals surface area contributed by atoms with E-state index in [-0.39, 0.29) is 6.61 Å². The zero-order valence-electron chi connectivity index (χ0n) is 9.34. The SMILES string of the molecule is Cc1nc2c(COS(C)(=O)=O)cccn2c1Br. The maximum absolute atomic E-state index is 11.0. The van der Waals surface area contributed by atoms with Gasteiger partial charge in [-0.15, -0.1) is 0 Å². The van der Waals surface area contributed by atoms with Gasteiger partial charge in [0.05, 0.1) is 18.6 Å². The van der Waals surface area contributed by atoms with E-state index in [1.807, 2.05) is 23.6 Å². The Labute approximate surface area is 108 Å². The van der Waals surface area contributed by atoms with E-state index in [0.717, 1.165) is 22.1 Å². The highest BCUT2D eigenvalue weighted by Gasteiger charge is 2.11. The lowest BCUT2D eigenvalue weighted by Crippen LogP contribution is -2.04. The fourth-order valence-electron chi connectivity index (χ4n) is 1.49. The molecule has 2 heterocycles. The number of imidazole rings is 1. The number of hydrogen-bond donors (Lipinski definition) is 0. The molecule has 0 atom stereocenters. The summed E-state index contributed by atoms with van der Waals surface area (Å²) in [5.41, 5.74) is 2.27. The lowest BCUT2D eigenvalue weighted by atomic mass is 10.3. The Morgan fingerprint density at radius 2 is 2.24 bits per heavy atom. The molecule has 2 rings (SSSR count). The van der Waals surface area contributed by atoms with Crippen molar-refractivity contribution in [1.29, 1.82) is 0 Å². The van der Waals surface area contributed by atoms with Crippen LogP contribution < -0.4 is 0 Å². The number of pyridine rings is 1. The van der Waals surface area contributed by atoms with E-state index < -0.39 is 10.1 Å². The number of fused-ring (bicyclic) bond motifs is 1. The first-order valence-corrected chi connectivity index (χ1v) is 7.46. The Hall–Kier alpha value is -0.920. The zero-order chi connectivity index (χ0) is 12.6. The molecule has 0 aromatic carbocycles. The fourth-order valence-corrected chi connectivity index (χ4v) is 2.21. The van der Waals surface area contributed by atoms with E-state index in [1.54, 1.807) is 6.07 Å². The summed E-state index contributed by atoms with van der Waals surface area (Å²) in [5.74, 6) is 0. The zero-order valence-corrected chi connectivity index (χ0v) is 11.7. The molecule has 0 saturated heterocycles. The third kappa shape index (κ3) is 2.67. The van der Waals surface area contributed by atoms with Crippen LogP contribution in [0.1, 0.15) is 11.3 Å². The van der Waals surface area contributed by atoms with Gasteiger partial charge >= 0.3 is 0 Å². The van der Waals surface area contributed by atoms with E-state index in [1.165, 1.54) is 0 Å². The van der Waals surface area contributed by atoms with Crippen molar-refractivity contribution in [2.24, 2.45) is 0 Å². The van der Waals surface area contributed by atoms with Crippen LogP contribution in [0.4, 0.5) is 0 Å². The van der Waals surface area contributed by atoms with Crippen LogP contribution in [0.5, 0.6) is 0 Å². The van der Waals surface area contributed by atoms with E-state index in [4.69, 9.17) is 4.18 Å². The average Bonchev–Trinajstić information content (AvgIpc) is 2.52. The largest absolute Gasteiger partial charge is 0.294 e. The lowest BCUT2D eigenvalue weighted by Gasteiger charge is -2.03. The van der Waals surface area contributed by atoms with Gasteiger partial charge in [-0.1, -0.05) is 6.07 Å². The fraction of sp³-hybridized carbons (Fsp3) is 0.300. The van der Waals surface area contributed by atoms with Crippen molar-refractivity contribution in [3.05, 3.63) is 34.2 Å². The van der Waals surface area contributed by atoms with Gasteiger partial charge in [0.25, 0.3) is 10.1 Å². The molecule has 0 fully saturated rings. The third-order valence-corrected chi connectivity index (χ3v) is 3.76. The first kappa shape index (κ1) is 12.5. The summed E-state index contributed by atoms with van der Waals surface area (Å²) in [6, 6.07) is 3.61. The topological polar surface area (TPSA) is 60.7 Å². The normalized spacial score (nSPS) is 12.2. The van der Waals surface area contributed by atoms with Crippen LogP contribution in [0, 0.1) is 6.92 Å². The minimum atomic E-state index is -3.44. The van der Waals surface area contributed by atoms with Crippen LogP contribution in [0.2, 0.25) is 0 Å². The molecule has 2 aromatic rings. The predicted octanol–water partition coefficient (Wildman–Crippen LogP) is 1.88. The molecule has 0 N–H and O–H groups in total. The summed E-state index contributed by atoms with van der Waals surface area (Å²) >= 11 is 3.42. The van der Waals surface area contributed by atoms with Crippen molar-refractivity contribution in [1.82, 2.24) is 9.38 Å². The Morgan fingerprint density at radius 3 is 2.88 bits per heavy atom. The molecule has 5 nitrogen and oxygen atoms in total. The number of nitrogens with zero attached hydrogens (tertiary/aromatic N) is 2. The average molecular weight is 319 g/mol. The summed E-state index contributed by atoms with van der Waals surface area (Å²) < 4.78 is 29.4. The quantitative estimate of drug-likeness (QED) is 0.811. The number of aromatic nitrogens is 2. The Morgan fingerprint density at radius 1 is 1.53 bits per heavy atom. The molecular weight excluding hydrogens is 308 g/mol. The van der Waals surface area contributed by atoms with E-state index in [0.29, 0.717) is 5.65 Å². The molecule has 0 aliphatic carbocycles. The highest BCUT2D eigenvalue weighted by atomic mass is 79.9. The van der Waals surface area contributed by atoms with Crippen LogP contribution in [0.3, 0.4) is 0 Å². The second kappa shape index (κ2) is 4.40. The maximum Gasteiger partial charge on any atom is 0.264 e. The molecule has 0 aliphatic heterocycles. The van der Waals surface area contributed by atoms with Gasteiger partial charge in [-0.2, -0.15) is 8.42 Å². The molecular formula is C10H11BrN2O3S. The molecule has 0 saturated carbocycles. The van der Waals surface area contributed by atoms with Crippen LogP contribution in [-0.2, 0) is 20.9 Å². The van der Waals surface area contributed by atoms with E-state index in [9.17, 15) is 8.42 Å². The molecule has 17 heavy (non-hydrogen) atoms. The summed E-state index contributed by atoms with van der Waals surface area (Å²) in [6.45, 7) is 1.87. The number of aryl methyl sites for hydroxylation is 1. The van der Waals surface area contributed by atoms with Gasteiger partial charge in [-0.05, 0) is 28.9 Å². The minimum absolute atomic E-state index is 0.00787. The van der Waals surface area contributed by atoms with Gasteiger partial charge in [0.1, 0.15) is 10.3 Å². The number of hydrogen-bond acceptors (Lipinski definition) is 4. The highest BCUT2D eigenvalue weighted by Crippen LogP contribution is 2.21. The van der Waals surface area contributed by atoms with Crippen LogP contribution in [0.15, 0.2) is 22.9 Å². The number of rotatable bonds is 3. The van der Waals surface area contributed by atoms with Gasteiger partial charge in [-0.25, -0.2) is 4.98 Å². The molecule has 7 heteroatoms. The smallest absolute Gasteiger partial charge is 0.264 e. The molecule has 0 unspecified atom stereocenters. The van der Waals surface area contributed by atoms with Gasteiger partial charge in [0.2, 0.25) is 0 Å². The Balaban J connectivity index is 2.45. The summed E-state index contributed by atoms with van der Waals surface area (Å²) in [6.07, 6.45) is 2.88. The summed E-state index contributed by atoms with van der Waals surface area (Å²) in [5, 5.41) is 0. The summed E-state index contributed by atoms with van der Waals surface area (Å²) in [4.78, 5) is 4.35. The van der Waals surface area contributed by atoms with Crippen molar-refractivity contribution >= 4 is 31.7 Å². The van der Waals surface area contributed by atoms with E-state index >= 15 is 0 Å². The van der Waals surface area contributed by atoms with Crippen LogP contribution in [-0.4, -0.2) is 24.1 Å². The standard InChI is InChI=1S/C10H11BrN2O3S/c1-7-9(11)13-5-3-4-8(10(13)12-7)6-16-17(2,14)15/h3-5H,6H2,1-2H3. The van der Waals surface area contributed by atoms with Gasteiger partial charge in [0, 0.05) is 11.8 Å². The predicted molar refractivity (Wildman–Crippen MR) is 67.3 cm³/mol. The molecule has 0 aliphatic rings. The van der Waals surface area contributed by atoms with Gasteiger partial charge in [0.15, 0.2) is 0 Å². The highest BCUT2D eigenvalue weighted by molar-refractivity contribution is 9.10. The van der Waals surface area contributed by atoms with Crippen molar-refractivity contribution in [3.8, 4) is 0 Å². The van der Waals surface area contributed by atoms with Crippen LogP contribution in [0.25, 0.3) is 5.65 Å². The molecule has 0 spiro atoms. The van der Waals surface area contributed by atoms with Crippen molar-refractivity contribution in [2.45, 2.75) is 13.5 Å². The molecule has 92 valence electrons. The first-order chi connectivity index (χ1) is 7.88. The van der Waals surface area contributed by atoms with Gasteiger partial charge < -0.3 is 0 Å². The lowest BCUT2D eigenvalue weighted by molar-refractivity contribution is 0.312. The van der Waals surface area contributed by atoms with Gasteiger partial charge in [-0.3, -0.25) is 8.58 Å². The second-order valence-electron chi connectivity index (χ2n) is 3.68. The minimum Gasteiger partial charge on any atom is -0.294 e. The van der Waals surface area contributed by atoms with Crippen molar-refractivity contribution in [2.75, 3.05) is 6.26 Å². The van der Waals surface area contributed by atoms with Crippen molar-refractivity contribution < 1.29 is 12.6 Å². The molecule has 0 radical (unpaired) electrons. The molecule has 0 bridgehead atoms. The van der Waals surface area contributed by atoms with Crippen LogP contribution >= 0.6 is 15.9 Å². The monoisotopic (exact) mass is 318 g/mol. The number of halogens is 1. The molecule has 0 amide bonds. The Bertz CT molecular complexity index is 663.